The smallest absolute Gasteiger partial charge is 0.231 e. The number of hydrogen-bond donors (Lipinski definition) is 0. The first kappa shape index (κ1) is 18.0. The van der Waals surface area contributed by atoms with Crippen molar-refractivity contribution in [2.45, 2.75) is 26.2 Å². The second-order valence-electron chi connectivity index (χ2n) is 7.39. The molecule has 0 aliphatic carbocycles. The molecule has 0 radical (unpaired) electrons. The molecule has 0 bridgehead atoms. The number of ether oxygens (including phenoxy) is 1. The Bertz CT molecular complexity index is 1080. The number of thiophene rings is 1. The molecule has 4 rings (SSSR count). The molecule has 0 amide bonds. The number of hydrogen-bond acceptors (Lipinski definition) is 4. The zero-order valence-corrected chi connectivity index (χ0v) is 16.9. The monoisotopic (exact) mass is 394 g/mol. The van der Waals surface area contributed by atoms with Gasteiger partial charge >= 0.3 is 0 Å². The molecule has 2 aromatic heterocycles. The number of aromatic nitrogens is 2. The van der Waals surface area contributed by atoms with Crippen LogP contribution in [-0.4, -0.2) is 9.97 Å². The van der Waals surface area contributed by atoms with Gasteiger partial charge in [-0.3, -0.25) is 0 Å². The topological polar surface area (TPSA) is 35.0 Å². The lowest BCUT2D eigenvalue weighted by atomic mass is 9.87. The molecule has 2 aromatic carbocycles. The van der Waals surface area contributed by atoms with E-state index in [1.165, 1.54) is 5.56 Å². The van der Waals surface area contributed by atoms with E-state index in [9.17, 15) is 0 Å². The largest absolute Gasteiger partial charge is 0.438 e. The van der Waals surface area contributed by atoms with Crippen LogP contribution in [0.1, 0.15) is 26.3 Å². The van der Waals surface area contributed by atoms with E-state index in [4.69, 9.17) is 16.3 Å². The van der Waals surface area contributed by atoms with Gasteiger partial charge in [0.05, 0.1) is 5.39 Å². The maximum Gasteiger partial charge on any atom is 0.231 e. The lowest BCUT2D eigenvalue weighted by Gasteiger charge is -2.19. The number of benzene rings is 2. The van der Waals surface area contributed by atoms with Crippen molar-refractivity contribution < 1.29 is 4.74 Å². The van der Waals surface area contributed by atoms with Crippen LogP contribution in [0.3, 0.4) is 0 Å². The number of halogens is 1. The summed E-state index contributed by atoms with van der Waals surface area (Å²) >= 11 is 7.61. The molecule has 0 saturated carbocycles. The molecule has 27 heavy (non-hydrogen) atoms. The molecule has 0 atom stereocenters. The minimum absolute atomic E-state index is 0.107. The Hall–Kier alpha value is -2.43. The summed E-state index contributed by atoms with van der Waals surface area (Å²) in [7, 11) is 0. The molecular formula is C22H19ClN2OS. The summed E-state index contributed by atoms with van der Waals surface area (Å²) in [6.07, 6.45) is 1.54. The van der Waals surface area contributed by atoms with Crippen molar-refractivity contribution in [3.05, 3.63) is 70.8 Å². The molecule has 5 heteroatoms. The van der Waals surface area contributed by atoms with Crippen LogP contribution < -0.4 is 4.74 Å². The molecule has 0 fully saturated rings. The van der Waals surface area contributed by atoms with Crippen LogP contribution in [0.5, 0.6) is 11.6 Å². The fraction of sp³-hybridized carbons (Fsp3) is 0.182. The highest BCUT2D eigenvalue weighted by molar-refractivity contribution is 7.17. The Morgan fingerprint density at radius 2 is 1.63 bits per heavy atom. The molecule has 136 valence electrons. The lowest BCUT2D eigenvalue weighted by molar-refractivity contribution is 0.467. The van der Waals surface area contributed by atoms with Gasteiger partial charge in [-0.05, 0) is 40.8 Å². The van der Waals surface area contributed by atoms with Crippen LogP contribution in [0.4, 0.5) is 0 Å². The van der Waals surface area contributed by atoms with Crippen LogP contribution >= 0.6 is 22.9 Å². The third-order valence-corrected chi connectivity index (χ3v) is 5.56. The molecule has 0 N–H and O–H groups in total. The van der Waals surface area contributed by atoms with E-state index in [2.05, 4.69) is 48.3 Å². The van der Waals surface area contributed by atoms with E-state index in [1.54, 1.807) is 17.7 Å². The summed E-state index contributed by atoms with van der Waals surface area (Å²) in [6.45, 7) is 6.59. The third kappa shape index (κ3) is 3.68. The Morgan fingerprint density at radius 1 is 0.926 bits per heavy atom. The fourth-order valence-corrected chi connectivity index (χ4v) is 3.93. The zero-order chi connectivity index (χ0) is 19.0. The van der Waals surface area contributed by atoms with Gasteiger partial charge in [0.1, 0.15) is 16.9 Å². The van der Waals surface area contributed by atoms with Crippen molar-refractivity contribution in [2.75, 3.05) is 0 Å². The van der Waals surface area contributed by atoms with E-state index in [-0.39, 0.29) is 5.41 Å². The van der Waals surface area contributed by atoms with Gasteiger partial charge in [0.15, 0.2) is 0 Å². The first-order chi connectivity index (χ1) is 12.9. The number of rotatable bonds is 3. The van der Waals surface area contributed by atoms with Crippen LogP contribution in [0, 0.1) is 0 Å². The summed E-state index contributed by atoms with van der Waals surface area (Å²) < 4.78 is 6.13. The molecule has 3 nitrogen and oxygen atoms in total. The van der Waals surface area contributed by atoms with Crippen LogP contribution in [0.2, 0.25) is 5.02 Å². The molecule has 2 heterocycles. The minimum Gasteiger partial charge on any atom is -0.438 e. The SMILES string of the molecule is CC(C)(C)c1ccc(Oc2ncnc3scc(-c4ccc(Cl)cc4)c23)cc1. The fourth-order valence-electron chi connectivity index (χ4n) is 2.90. The molecule has 0 unspecified atom stereocenters. The second kappa shape index (κ2) is 6.95. The molecule has 0 aliphatic heterocycles. The van der Waals surface area contributed by atoms with Crippen LogP contribution in [0.15, 0.2) is 60.2 Å². The highest BCUT2D eigenvalue weighted by Gasteiger charge is 2.16. The van der Waals surface area contributed by atoms with Crippen molar-refractivity contribution in [2.24, 2.45) is 0 Å². The van der Waals surface area contributed by atoms with Crippen LogP contribution in [-0.2, 0) is 5.41 Å². The van der Waals surface area contributed by atoms with Gasteiger partial charge in [-0.2, -0.15) is 0 Å². The van der Waals surface area contributed by atoms with Gasteiger partial charge in [-0.1, -0.05) is 56.6 Å². The molecule has 0 spiro atoms. The standard InChI is InChI=1S/C22H19ClN2OS/c1-22(2,3)15-6-10-17(11-7-15)26-20-19-18(12-27-21(19)25-13-24-20)14-4-8-16(23)9-5-14/h4-13H,1-3H3. The van der Waals surface area contributed by atoms with Gasteiger partial charge in [-0.25, -0.2) is 9.97 Å². The number of fused-ring (bicyclic) bond motifs is 1. The average Bonchev–Trinajstić information content (AvgIpc) is 3.07. The van der Waals surface area contributed by atoms with Crippen molar-refractivity contribution in [1.29, 1.82) is 0 Å². The lowest BCUT2D eigenvalue weighted by Crippen LogP contribution is -2.10. The van der Waals surface area contributed by atoms with Gasteiger partial charge in [0.25, 0.3) is 0 Å². The molecule has 4 aromatic rings. The van der Waals surface area contributed by atoms with Crippen LogP contribution in [0.25, 0.3) is 21.3 Å². The van der Waals surface area contributed by atoms with Gasteiger partial charge < -0.3 is 4.74 Å². The van der Waals surface area contributed by atoms with Gasteiger partial charge in [0.2, 0.25) is 5.88 Å². The van der Waals surface area contributed by atoms with E-state index in [1.807, 2.05) is 36.4 Å². The van der Waals surface area contributed by atoms with Crippen molar-refractivity contribution >= 4 is 33.2 Å². The molecular weight excluding hydrogens is 376 g/mol. The predicted molar refractivity (Wildman–Crippen MR) is 113 cm³/mol. The summed E-state index contributed by atoms with van der Waals surface area (Å²) in [5.74, 6) is 1.32. The van der Waals surface area contributed by atoms with Crippen molar-refractivity contribution in [1.82, 2.24) is 9.97 Å². The van der Waals surface area contributed by atoms with E-state index >= 15 is 0 Å². The van der Waals surface area contributed by atoms with Crippen molar-refractivity contribution in [3.8, 4) is 22.8 Å². The van der Waals surface area contributed by atoms with Crippen molar-refractivity contribution in [3.63, 3.8) is 0 Å². The maximum atomic E-state index is 6.13. The molecule has 0 aliphatic rings. The average molecular weight is 395 g/mol. The predicted octanol–water partition coefficient (Wildman–Crippen LogP) is 7.10. The summed E-state index contributed by atoms with van der Waals surface area (Å²) in [5, 5.41) is 3.72. The Labute approximate surface area is 167 Å². The Kier molecular flexibility index (Phi) is 4.62. The highest BCUT2D eigenvalue weighted by Crippen LogP contribution is 2.39. The Balaban J connectivity index is 1.74. The summed E-state index contributed by atoms with van der Waals surface area (Å²) in [5.41, 5.74) is 3.48. The van der Waals surface area contributed by atoms with Gasteiger partial charge in [0, 0.05) is 16.0 Å². The minimum atomic E-state index is 0.107. The Morgan fingerprint density at radius 3 is 2.30 bits per heavy atom. The first-order valence-corrected chi connectivity index (χ1v) is 9.94. The molecule has 0 saturated heterocycles. The van der Waals surface area contributed by atoms with E-state index in [0.29, 0.717) is 10.9 Å². The third-order valence-electron chi connectivity index (χ3n) is 4.43. The second-order valence-corrected chi connectivity index (χ2v) is 8.69. The van der Waals surface area contributed by atoms with E-state index in [0.717, 1.165) is 27.1 Å². The zero-order valence-electron chi connectivity index (χ0n) is 15.4. The number of nitrogens with zero attached hydrogens (tertiary/aromatic N) is 2. The summed E-state index contributed by atoms with van der Waals surface area (Å²) in [6, 6.07) is 15.9. The highest BCUT2D eigenvalue weighted by atomic mass is 35.5. The normalized spacial score (nSPS) is 11.7. The first-order valence-electron chi connectivity index (χ1n) is 8.68. The summed E-state index contributed by atoms with van der Waals surface area (Å²) in [4.78, 5) is 9.69. The van der Waals surface area contributed by atoms with E-state index < -0.39 is 0 Å². The van der Waals surface area contributed by atoms with Gasteiger partial charge in [-0.15, -0.1) is 11.3 Å². The maximum absolute atomic E-state index is 6.13. The quantitative estimate of drug-likeness (QED) is 0.371.